The minimum atomic E-state index is -2.58. The lowest BCUT2D eigenvalue weighted by molar-refractivity contribution is -0.0361. The van der Waals surface area contributed by atoms with Crippen LogP contribution in [0, 0.1) is 13.8 Å². The lowest BCUT2D eigenvalue weighted by Crippen LogP contribution is -2.32. The molecule has 1 N–H and O–H groups in total. The van der Waals surface area contributed by atoms with Crippen molar-refractivity contribution >= 4 is 5.82 Å². The molecule has 1 fully saturated rings. The zero-order valence-corrected chi connectivity index (χ0v) is 17.1. The highest BCUT2D eigenvalue weighted by atomic mass is 19.3. The second kappa shape index (κ2) is 7.96. The molecule has 0 atom stereocenters. The second-order valence-electron chi connectivity index (χ2n) is 7.68. The molecule has 4 rings (SSSR count). The van der Waals surface area contributed by atoms with E-state index >= 15 is 0 Å². The van der Waals surface area contributed by atoms with Gasteiger partial charge in [-0.1, -0.05) is 5.21 Å². The summed E-state index contributed by atoms with van der Waals surface area (Å²) in [5.74, 6) is -1.39. The Kier molecular flexibility index (Phi) is 5.35. The van der Waals surface area contributed by atoms with Gasteiger partial charge in [0.05, 0.1) is 11.9 Å². The van der Waals surface area contributed by atoms with Crippen molar-refractivity contribution in [3.8, 4) is 11.8 Å². The fraction of sp³-hybridized carbons (Fsp3) is 0.526. The number of halogens is 2. The molecule has 3 aromatic rings. The van der Waals surface area contributed by atoms with Crippen LogP contribution in [0.4, 0.5) is 14.6 Å². The third kappa shape index (κ3) is 4.71. The molecule has 0 radical (unpaired) electrons. The molecule has 30 heavy (non-hydrogen) atoms. The maximum atomic E-state index is 13.5. The van der Waals surface area contributed by atoms with Crippen LogP contribution in [0.1, 0.15) is 42.8 Å². The number of rotatable bonds is 6. The van der Waals surface area contributed by atoms with Crippen LogP contribution in [-0.4, -0.2) is 46.7 Å². The third-order valence-corrected chi connectivity index (χ3v) is 4.98. The van der Waals surface area contributed by atoms with Gasteiger partial charge in [-0.3, -0.25) is 4.68 Å². The van der Waals surface area contributed by atoms with Crippen molar-refractivity contribution in [2.45, 2.75) is 58.1 Å². The molecular formula is C19H24F2N8O. The summed E-state index contributed by atoms with van der Waals surface area (Å²) in [6.45, 7) is 3.99. The normalized spacial score (nSPS) is 16.6. The van der Waals surface area contributed by atoms with Gasteiger partial charge in [0, 0.05) is 37.7 Å². The smallest absolute Gasteiger partial charge is 0.256 e. The summed E-state index contributed by atoms with van der Waals surface area (Å²) in [5, 5.41) is 15.6. The Morgan fingerprint density at radius 1 is 1.20 bits per heavy atom. The number of nitrogens with one attached hydrogen (secondary N) is 1. The molecule has 0 saturated heterocycles. The predicted molar refractivity (Wildman–Crippen MR) is 105 cm³/mol. The Labute approximate surface area is 172 Å². The summed E-state index contributed by atoms with van der Waals surface area (Å²) in [5.41, 5.74) is 2.38. The van der Waals surface area contributed by atoms with Crippen LogP contribution in [0.3, 0.4) is 0 Å². The van der Waals surface area contributed by atoms with Crippen molar-refractivity contribution in [2.75, 3.05) is 5.32 Å². The first-order chi connectivity index (χ1) is 14.3. The van der Waals surface area contributed by atoms with E-state index in [-0.39, 0.29) is 25.5 Å². The molecule has 0 amide bonds. The van der Waals surface area contributed by atoms with E-state index in [9.17, 15) is 8.78 Å². The molecule has 160 valence electrons. The number of hydrogen-bond donors (Lipinski definition) is 1. The number of anilines is 1. The van der Waals surface area contributed by atoms with E-state index in [2.05, 4.69) is 30.7 Å². The summed E-state index contributed by atoms with van der Waals surface area (Å²) < 4.78 is 36.0. The molecule has 9 nitrogen and oxygen atoms in total. The van der Waals surface area contributed by atoms with E-state index in [1.807, 2.05) is 19.9 Å². The fourth-order valence-corrected chi connectivity index (χ4v) is 3.49. The molecule has 3 heterocycles. The highest BCUT2D eigenvalue weighted by Gasteiger charge is 2.35. The van der Waals surface area contributed by atoms with Gasteiger partial charge >= 0.3 is 0 Å². The number of aryl methyl sites for hydroxylation is 3. The average Bonchev–Trinajstić information content (AvgIpc) is 3.26. The summed E-state index contributed by atoms with van der Waals surface area (Å²) in [7, 11) is 1.78. The summed E-state index contributed by atoms with van der Waals surface area (Å²) in [4.78, 5) is 9.01. The predicted octanol–water partition coefficient (Wildman–Crippen LogP) is 2.98. The maximum Gasteiger partial charge on any atom is 0.256 e. The van der Waals surface area contributed by atoms with Crippen LogP contribution in [0.5, 0.6) is 5.88 Å². The fourth-order valence-electron chi connectivity index (χ4n) is 3.49. The van der Waals surface area contributed by atoms with Crippen molar-refractivity contribution in [1.82, 2.24) is 34.7 Å². The van der Waals surface area contributed by atoms with Crippen molar-refractivity contribution in [3.05, 3.63) is 35.4 Å². The monoisotopic (exact) mass is 418 g/mol. The van der Waals surface area contributed by atoms with Gasteiger partial charge in [-0.2, -0.15) is 15.1 Å². The largest absolute Gasteiger partial charge is 0.471 e. The lowest BCUT2D eigenvalue weighted by atomic mass is 9.92. The highest BCUT2D eigenvalue weighted by Crippen LogP contribution is 2.34. The Balaban J connectivity index is 1.58. The SMILES string of the molecule is Cc1cc(C)n(-c2nc(NC3CCC(F)(F)CC3)cc(OCc3cn(C)nn3)n2)n1. The van der Waals surface area contributed by atoms with Crippen molar-refractivity contribution < 1.29 is 13.5 Å². The first-order valence-corrected chi connectivity index (χ1v) is 9.82. The minimum absolute atomic E-state index is 0.0827. The Morgan fingerprint density at radius 2 is 1.97 bits per heavy atom. The van der Waals surface area contributed by atoms with E-state index in [1.165, 1.54) is 0 Å². The Morgan fingerprint density at radius 3 is 2.60 bits per heavy atom. The van der Waals surface area contributed by atoms with Gasteiger partial charge in [0.15, 0.2) is 0 Å². The van der Waals surface area contributed by atoms with Gasteiger partial charge in [-0.15, -0.1) is 5.10 Å². The number of nitrogens with zero attached hydrogens (tertiary/aromatic N) is 7. The van der Waals surface area contributed by atoms with Crippen molar-refractivity contribution in [3.63, 3.8) is 0 Å². The van der Waals surface area contributed by atoms with Crippen LogP contribution < -0.4 is 10.1 Å². The van der Waals surface area contributed by atoms with Crippen LogP contribution in [0.15, 0.2) is 18.3 Å². The quantitative estimate of drug-likeness (QED) is 0.657. The third-order valence-electron chi connectivity index (χ3n) is 4.98. The maximum absolute atomic E-state index is 13.5. The van der Waals surface area contributed by atoms with Gasteiger partial charge in [0.2, 0.25) is 11.8 Å². The van der Waals surface area contributed by atoms with Crippen LogP contribution in [0.25, 0.3) is 5.95 Å². The summed E-state index contributed by atoms with van der Waals surface area (Å²) >= 11 is 0. The Hall–Kier alpha value is -3.11. The zero-order chi connectivity index (χ0) is 21.3. The molecule has 1 aliphatic rings. The second-order valence-corrected chi connectivity index (χ2v) is 7.68. The molecule has 1 aliphatic carbocycles. The molecule has 0 unspecified atom stereocenters. The number of aromatic nitrogens is 7. The summed E-state index contributed by atoms with van der Waals surface area (Å²) in [6.07, 6.45) is 2.25. The van der Waals surface area contributed by atoms with E-state index in [4.69, 9.17) is 4.74 Å². The van der Waals surface area contributed by atoms with Crippen LogP contribution in [-0.2, 0) is 13.7 Å². The highest BCUT2D eigenvalue weighted by molar-refractivity contribution is 5.42. The van der Waals surface area contributed by atoms with E-state index in [0.717, 1.165) is 11.4 Å². The molecular weight excluding hydrogens is 394 g/mol. The lowest BCUT2D eigenvalue weighted by Gasteiger charge is -2.29. The van der Waals surface area contributed by atoms with Crippen molar-refractivity contribution in [2.24, 2.45) is 7.05 Å². The van der Waals surface area contributed by atoms with E-state index in [0.29, 0.717) is 36.2 Å². The molecule has 11 heteroatoms. The standard InChI is InChI=1S/C19H24F2N8O/c1-12-8-13(2)29(26-12)18-23-16(22-14-4-6-19(20,21)7-5-14)9-17(24-18)30-11-15-10-28(3)27-25-15/h8-10,14H,4-7,11H2,1-3H3,(H,22,23,24). The molecule has 0 bridgehead atoms. The molecule has 3 aromatic heterocycles. The first kappa shape index (κ1) is 20.2. The number of hydrogen-bond acceptors (Lipinski definition) is 7. The minimum Gasteiger partial charge on any atom is -0.471 e. The molecule has 0 aliphatic heterocycles. The van der Waals surface area contributed by atoms with Gasteiger partial charge in [-0.25, -0.2) is 13.5 Å². The first-order valence-electron chi connectivity index (χ1n) is 9.82. The van der Waals surface area contributed by atoms with Gasteiger partial charge < -0.3 is 10.1 Å². The van der Waals surface area contributed by atoms with Crippen LogP contribution >= 0.6 is 0 Å². The topological polar surface area (TPSA) is 95.6 Å². The van der Waals surface area contributed by atoms with Crippen molar-refractivity contribution in [1.29, 1.82) is 0 Å². The summed E-state index contributed by atoms with van der Waals surface area (Å²) in [6, 6.07) is 3.51. The van der Waals surface area contributed by atoms with Gasteiger partial charge in [-0.05, 0) is 32.8 Å². The Bertz CT molecular complexity index is 1020. The molecule has 0 aromatic carbocycles. The molecule has 0 spiro atoms. The van der Waals surface area contributed by atoms with Crippen LogP contribution in [0.2, 0.25) is 0 Å². The zero-order valence-electron chi connectivity index (χ0n) is 17.1. The van der Waals surface area contributed by atoms with Gasteiger partial charge in [0.1, 0.15) is 18.1 Å². The number of ether oxygens (including phenoxy) is 1. The van der Waals surface area contributed by atoms with E-state index < -0.39 is 5.92 Å². The van der Waals surface area contributed by atoms with E-state index in [1.54, 1.807) is 28.7 Å². The van der Waals surface area contributed by atoms with Gasteiger partial charge in [0.25, 0.3) is 5.95 Å². The average molecular weight is 418 g/mol. The molecule has 1 saturated carbocycles. The number of alkyl halides is 2.